The summed E-state index contributed by atoms with van der Waals surface area (Å²) in [5.41, 5.74) is 7.57. The van der Waals surface area contributed by atoms with Crippen molar-refractivity contribution in [2.75, 3.05) is 12.8 Å². The van der Waals surface area contributed by atoms with Crippen LogP contribution in [0, 0.1) is 11.6 Å². The first-order valence-corrected chi connectivity index (χ1v) is 10.5. The molecule has 2 aromatic carbocycles. The lowest BCUT2D eigenvalue weighted by atomic mass is 9.94. The van der Waals surface area contributed by atoms with Crippen molar-refractivity contribution < 1.29 is 18.3 Å². The number of hydrogen-bond donors (Lipinski definition) is 2. The van der Waals surface area contributed by atoms with Crippen molar-refractivity contribution in [1.29, 1.82) is 0 Å². The number of halogens is 2. The Bertz CT molecular complexity index is 1370. The van der Waals surface area contributed by atoms with E-state index in [0.29, 0.717) is 17.8 Å². The molecule has 4 aromatic rings. The van der Waals surface area contributed by atoms with Gasteiger partial charge in [-0.05, 0) is 45.0 Å². The largest absolute Gasteiger partial charge is 0.382 e. The second-order valence-electron chi connectivity index (χ2n) is 8.61. The standard InChI is InChI=1S/C24H25F2N5O2/c1-13(33-4)31-19(20-15-7-5-6-8-18(15)28-22(27)21(20)30-31)12-24(2,3)29-23(32)14-9-10-16(25)17(26)11-14/h5-11,13H,12H2,1-4H3,(H2,27,28)(H,29,32). The van der Waals surface area contributed by atoms with E-state index in [4.69, 9.17) is 10.5 Å². The number of nitrogens with zero attached hydrogens (tertiary/aromatic N) is 3. The molecule has 0 aliphatic carbocycles. The second-order valence-corrected chi connectivity index (χ2v) is 8.61. The molecule has 7 nitrogen and oxygen atoms in total. The van der Waals surface area contributed by atoms with Gasteiger partial charge in [-0.25, -0.2) is 18.4 Å². The zero-order chi connectivity index (χ0) is 23.9. The number of ether oxygens (including phenoxy) is 1. The fourth-order valence-electron chi connectivity index (χ4n) is 3.95. The fraction of sp³-hybridized carbons (Fsp3) is 0.292. The molecule has 0 bridgehead atoms. The number of nitrogen functional groups attached to an aromatic ring is 1. The smallest absolute Gasteiger partial charge is 0.251 e. The molecule has 0 aliphatic rings. The number of amides is 1. The van der Waals surface area contributed by atoms with Gasteiger partial charge >= 0.3 is 0 Å². The quantitative estimate of drug-likeness (QED) is 0.452. The molecule has 1 amide bonds. The summed E-state index contributed by atoms with van der Waals surface area (Å²) in [5, 5.41) is 9.30. The zero-order valence-electron chi connectivity index (χ0n) is 18.8. The maximum atomic E-state index is 13.6. The summed E-state index contributed by atoms with van der Waals surface area (Å²) in [4.78, 5) is 17.2. The highest BCUT2D eigenvalue weighted by molar-refractivity contribution is 6.09. The lowest BCUT2D eigenvalue weighted by Crippen LogP contribution is -2.45. The predicted octanol–water partition coefficient (Wildman–Crippen LogP) is 4.36. The maximum Gasteiger partial charge on any atom is 0.251 e. The SMILES string of the molecule is COC(C)n1nc2c(N)nc3ccccc3c2c1CC(C)(C)NC(=O)c1ccc(F)c(F)c1. The topological polar surface area (TPSA) is 95.1 Å². The minimum Gasteiger partial charge on any atom is -0.382 e. The molecule has 3 N–H and O–H groups in total. The third-order valence-electron chi connectivity index (χ3n) is 5.60. The van der Waals surface area contributed by atoms with E-state index < -0.39 is 29.3 Å². The van der Waals surface area contributed by atoms with Crippen LogP contribution in [-0.2, 0) is 11.2 Å². The van der Waals surface area contributed by atoms with Crippen LogP contribution in [0.5, 0.6) is 0 Å². The number of para-hydroxylation sites is 1. The highest BCUT2D eigenvalue weighted by Gasteiger charge is 2.28. The molecular weight excluding hydrogens is 428 g/mol. The van der Waals surface area contributed by atoms with Crippen molar-refractivity contribution in [3.05, 3.63) is 65.4 Å². The summed E-state index contributed by atoms with van der Waals surface area (Å²) in [6.45, 7) is 5.55. The Morgan fingerprint density at radius 3 is 2.64 bits per heavy atom. The molecular formula is C24H25F2N5O2. The first-order chi connectivity index (χ1) is 15.6. The van der Waals surface area contributed by atoms with Gasteiger partial charge in [0.05, 0.1) is 11.2 Å². The number of carbonyl (C=O) groups excluding carboxylic acids is 1. The molecule has 2 heterocycles. The van der Waals surface area contributed by atoms with E-state index in [0.717, 1.165) is 34.1 Å². The van der Waals surface area contributed by atoms with Gasteiger partial charge in [-0.1, -0.05) is 18.2 Å². The average molecular weight is 453 g/mol. The van der Waals surface area contributed by atoms with E-state index in [2.05, 4.69) is 15.4 Å². The Hall–Kier alpha value is -3.59. The minimum absolute atomic E-state index is 0.0319. The first-order valence-electron chi connectivity index (χ1n) is 10.5. The fourth-order valence-corrected chi connectivity index (χ4v) is 3.95. The summed E-state index contributed by atoms with van der Waals surface area (Å²) in [5.74, 6) is -2.29. The Balaban J connectivity index is 1.79. The van der Waals surface area contributed by atoms with E-state index in [-0.39, 0.29) is 5.56 Å². The molecule has 172 valence electrons. The van der Waals surface area contributed by atoms with Gasteiger partial charge in [-0.3, -0.25) is 4.79 Å². The number of aromatic nitrogens is 3. The van der Waals surface area contributed by atoms with E-state index in [9.17, 15) is 13.6 Å². The van der Waals surface area contributed by atoms with Gasteiger partial charge in [0.2, 0.25) is 0 Å². The number of rotatable bonds is 6. The highest BCUT2D eigenvalue weighted by atomic mass is 19.2. The van der Waals surface area contributed by atoms with Crippen molar-refractivity contribution in [3.8, 4) is 0 Å². The van der Waals surface area contributed by atoms with Crippen LogP contribution in [0.4, 0.5) is 14.6 Å². The number of nitrogens with one attached hydrogen (secondary N) is 1. The van der Waals surface area contributed by atoms with E-state index in [1.807, 2.05) is 45.0 Å². The molecule has 0 aliphatic heterocycles. The van der Waals surface area contributed by atoms with Crippen molar-refractivity contribution in [1.82, 2.24) is 20.1 Å². The Labute approximate surface area is 189 Å². The second kappa shape index (κ2) is 8.40. The Morgan fingerprint density at radius 1 is 1.21 bits per heavy atom. The lowest BCUT2D eigenvalue weighted by Gasteiger charge is -2.28. The molecule has 0 radical (unpaired) electrons. The van der Waals surface area contributed by atoms with Crippen LogP contribution < -0.4 is 11.1 Å². The van der Waals surface area contributed by atoms with Gasteiger partial charge in [-0.15, -0.1) is 0 Å². The van der Waals surface area contributed by atoms with Crippen LogP contribution >= 0.6 is 0 Å². The summed E-state index contributed by atoms with van der Waals surface area (Å²) in [6, 6.07) is 10.7. The molecule has 0 fully saturated rings. The van der Waals surface area contributed by atoms with Gasteiger partial charge in [-0.2, -0.15) is 5.10 Å². The van der Waals surface area contributed by atoms with Crippen LogP contribution in [0.2, 0.25) is 0 Å². The Kier molecular flexibility index (Phi) is 5.75. The summed E-state index contributed by atoms with van der Waals surface area (Å²) < 4.78 is 34.2. The van der Waals surface area contributed by atoms with Crippen LogP contribution in [-0.4, -0.2) is 33.3 Å². The molecule has 9 heteroatoms. The van der Waals surface area contributed by atoms with Crippen LogP contribution in [0.3, 0.4) is 0 Å². The third kappa shape index (κ3) is 4.23. The van der Waals surface area contributed by atoms with Gasteiger partial charge in [0, 0.05) is 35.4 Å². The summed E-state index contributed by atoms with van der Waals surface area (Å²) in [6.07, 6.45) is -0.0386. The molecule has 0 saturated heterocycles. The molecule has 33 heavy (non-hydrogen) atoms. The van der Waals surface area contributed by atoms with Crippen molar-refractivity contribution in [3.63, 3.8) is 0 Å². The molecule has 1 unspecified atom stereocenters. The maximum absolute atomic E-state index is 13.6. The van der Waals surface area contributed by atoms with Gasteiger partial charge in [0.25, 0.3) is 5.91 Å². The van der Waals surface area contributed by atoms with Crippen LogP contribution in [0.15, 0.2) is 42.5 Å². The molecule has 0 saturated carbocycles. The van der Waals surface area contributed by atoms with Crippen LogP contribution in [0.25, 0.3) is 21.8 Å². The lowest BCUT2D eigenvalue weighted by molar-refractivity contribution is 0.0475. The average Bonchev–Trinajstić information content (AvgIpc) is 3.14. The number of methoxy groups -OCH3 is 1. The van der Waals surface area contributed by atoms with E-state index >= 15 is 0 Å². The zero-order valence-corrected chi connectivity index (χ0v) is 18.8. The van der Waals surface area contributed by atoms with Gasteiger partial charge in [0.1, 0.15) is 11.7 Å². The number of fused-ring (bicyclic) bond motifs is 3. The number of benzene rings is 2. The normalized spacial score (nSPS) is 12.9. The highest BCUT2D eigenvalue weighted by Crippen LogP contribution is 2.33. The van der Waals surface area contributed by atoms with Crippen molar-refractivity contribution >= 4 is 33.5 Å². The summed E-state index contributed by atoms with van der Waals surface area (Å²) in [7, 11) is 1.58. The number of hydrogen-bond acceptors (Lipinski definition) is 5. The Morgan fingerprint density at radius 2 is 1.94 bits per heavy atom. The van der Waals surface area contributed by atoms with Crippen LogP contribution in [0.1, 0.15) is 43.1 Å². The van der Waals surface area contributed by atoms with Gasteiger partial charge < -0.3 is 15.8 Å². The molecule has 2 aromatic heterocycles. The van der Waals surface area contributed by atoms with E-state index in [1.54, 1.807) is 11.8 Å². The molecule has 1 atom stereocenters. The minimum atomic E-state index is -1.08. The first kappa shape index (κ1) is 22.6. The third-order valence-corrected chi connectivity index (χ3v) is 5.60. The van der Waals surface area contributed by atoms with Crippen molar-refractivity contribution in [2.45, 2.75) is 39.0 Å². The number of carbonyl (C=O) groups is 1. The number of nitrogens with two attached hydrogens (primary N) is 1. The monoisotopic (exact) mass is 453 g/mol. The number of pyridine rings is 1. The number of anilines is 1. The van der Waals surface area contributed by atoms with Crippen molar-refractivity contribution in [2.24, 2.45) is 0 Å². The van der Waals surface area contributed by atoms with Gasteiger partial charge in [0.15, 0.2) is 17.5 Å². The predicted molar refractivity (Wildman–Crippen MR) is 123 cm³/mol. The summed E-state index contributed by atoms with van der Waals surface area (Å²) >= 11 is 0. The molecule has 4 rings (SSSR count). The van der Waals surface area contributed by atoms with E-state index in [1.165, 1.54) is 6.07 Å². The molecule has 0 spiro atoms.